The van der Waals surface area contributed by atoms with Crippen LogP contribution in [0.1, 0.15) is 18.9 Å². The minimum Gasteiger partial charge on any atom is -0.493 e. The van der Waals surface area contributed by atoms with E-state index < -0.39 is 0 Å². The van der Waals surface area contributed by atoms with Crippen molar-refractivity contribution in [3.63, 3.8) is 0 Å². The van der Waals surface area contributed by atoms with Crippen LogP contribution in [0.5, 0.6) is 11.5 Å². The maximum Gasteiger partial charge on any atom is 0.251 e. The van der Waals surface area contributed by atoms with E-state index in [9.17, 15) is 4.79 Å². The summed E-state index contributed by atoms with van der Waals surface area (Å²) >= 11 is 7.03. The predicted octanol–water partition coefficient (Wildman–Crippen LogP) is 2.43. The number of carbonyl (C=O) groups is 1. The molecule has 0 unspecified atom stereocenters. The standard InChI is InChI=1S/C16H22N2O3S2/c1-4-21-13-6-5-11(9-14(13)20-2)10-18-15(19)12(7-8-23-3)17-16(18)22/h5-6,9,12H,4,7-8,10H2,1-3H3,(H,17,22)/t12-/m0/s1. The fourth-order valence-corrected chi connectivity index (χ4v) is 3.19. The topological polar surface area (TPSA) is 50.8 Å². The highest BCUT2D eigenvalue weighted by Crippen LogP contribution is 2.29. The van der Waals surface area contributed by atoms with E-state index in [0.717, 1.165) is 17.7 Å². The van der Waals surface area contributed by atoms with Crippen molar-refractivity contribution in [1.82, 2.24) is 10.2 Å². The first-order valence-electron chi connectivity index (χ1n) is 7.51. The maximum atomic E-state index is 12.5. The number of nitrogens with one attached hydrogen (secondary N) is 1. The summed E-state index contributed by atoms with van der Waals surface area (Å²) in [7, 11) is 1.60. The lowest BCUT2D eigenvalue weighted by Gasteiger charge is -2.16. The van der Waals surface area contributed by atoms with E-state index in [1.165, 1.54) is 0 Å². The van der Waals surface area contributed by atoms with Crippen LogP contribution in [-0.2, 0) is 11.3 Å². The number of hydrogen-bond donors (Lipinski definition) is 1. The number of rotatable bonds is 8. The molecule has 0 spiro atoms. The summed E-state index contributed by atoms with van der Waals surface area (Å²) in [4.78, 5) is 14.1. The molecule has 0 bridgehead atoms. The first kappa shape index (κ1) is 17.9. The molecule has 0 radical (unpaired) electrons. The van der Waals surface area contributed by atoms with E-state index in [1.54, 1.807) is 23.8 Å². The lowest BCUT2D eigenvalue weighted by Crippen LogP contribution is -2.31. The number of nitrogens with zero attached hydrogens (tertiary/aromatic N) is 1. The van der Waals surface area contributed by atoms with Crippen molar-refractivity contribution >= 4 is 35.0 Å². The van der Waals surface area contributed by atoms with Gasteiger partial charge in [-0.3, -0.25) is 9.69 Å². The first-order chi connectivity index (χ1) is 11.1. The maximum absolute atomic E-state index is 12.5. The third-order valence-electron chi connectivity index (χ3n) is 3.59. The number of benzene rings is 1. The normalized spacial score (nSPS) is 17.3. The second-order valence-electron chi connectivity index (χ2n) is 5.13. The molecule has 1 heterocycles. The fourth-order valence-electron chi connectivity index (χ4n) is 2.43. The number of hydrogen-bond acceptors (Lipinski definition) is 5. The molecule has 23 heavy (non-hydrogen) atoms. The molecule has 126 valence electrons. The van der Waals surface area contributed by atoms with Crippen molar-refractivity contribution in [3.8, 4) is 11.5 Å². The number of methoxy groups -OCH3 is 1. The van der Waals surface area contributed by atoms with Crippen LogP contribution in [0.15, 0.2) is 18.2 Å². The first-order valence-corrected chi connectivity index (χ1v) is 9.31. The lowest BCUT2D eigenvalue weighted by atomic mass is 10.1. The summed E-state index contributed by atoms with van der Waals surface area (Å²) in [5.74, 6) is 2.33. The van der Waals surface area contributed by atoms with Gasteiger partial charge in [0.05, 0.1) is 20.3 Å². The van der Waals surface area contributed by atoms with Crippen molar-refractivity contribution in [1.29, 1.82) is 0 Å². The van der Waals surface area contributed by atoms with Crippen molar-refractivity contribution in [2.24, 2.45) is 0 Å². The van der Waals surface area contributed by atoms with Gasteiger partial charge in [-0.05, 0) is 55.3 Å². The smallest absolute Gasteiger partial charge is 0.251 e. The Balaban J connectivity index is 2.09. The van der Waals surface area contributed by atoms with Crippen LogP contribution in [-0.4, -0.2) is 47.7 Å². The molecule has 1 aromatic carbocycles. The molecule has 1 atom stereocenters. The van der Waals surface area contributed by atoms with Crippen molar-refractivity contribution in [2.45, 2.75) is 25.9 Å². The Morgan fingerprint density at radius 1 is 1.39 bits per heavy atom. The Labute approximate surface area is 146 Å². The summed E-state index contributed by atoms with van der Waals surface area (Å²) in [5.41, 5.74) is 0.952. The quantitative estimate of drug-likeness (QED) is 0.724. The summed E-state index contributed by atoms with van der Waals surface area (Å²) in [6, 6.07) is 5.47. The van der Waals surface area contributed by atoms with E-state index in [0.29, 0.717) is 29.8 Å². The average Bonchev–Trinajstić information content (AvgIpc) is 2.82. The van der Waals surface area contributed by atoms with Gasteiger partial charge in [-0.25, -0.2) is 0 Å². The number of ether oxygens (including phenoxy) is 2. The minimum absolute atomic E-state index is 0.0388. The van der Waals surface area contributed by atoms with Gasteiger partial charge in [0.25, 0.3) is 5.91 Å². The molecule has 0 aromatic heterocycles. The molecule has 5 nitrogen and oxygen atoms in total. The minimum atomic E-state index is -0.209. The zero-order valence-corrected chi connectivity index (χ0v) is 15.3. The van der Waals surface area contributed by atoms with E-state index >= 15 is 0 Å². The Morgan fingerprint density at radius 3 is 2.83 bits per heavy atom. The zero-order valence-electron chi connectivity index (χ0n) is 13.6. The van der Waals surface area contributed by atoms with Crippen LogP contribution in [0.3, 0.4) is 0 Å². The third-order valence-corrected chi connectivity index (χ3v) is 4.57. The Morgan fingerprint density at radius 2 is 2.17 bits per heavy atom. The van der Waals surface area contributed by atoms with E-state index in [-0.39, 0.29) is 11.9 Å². The monoisotopic (exact) mass is 354 g/mol. The zero-order chi connectivity index (χ0) is 16.8. The Bertz CT molecular complexity index is 580. The van der Waals surface area contributed by atoms with E-state index in [4.69, 9.17) is 21.7 Å². The molecule has 1 saturated heterocycles. The molecule has 0 saturated carbocycles. The third kappa shape index (κ3) is 4.29. The van der Waals surface area contributed by atoms with Crippen LogP contribution in [0.2, 0.25) is 0 Å². The number of thioether (sulfide) groups is 1. The lowest BCUT2D eigenvalue weighted by molar-refractivity contribution is -0.127. The van der Waals surface area contributed by atoms with Gasteiger partial charge < -0.3 is 14.8 Å². The SMILES string of the molecule is CCOc1ccc(CN2C(=O)[C@H](CCSC)NC2=S)cc1OC. The van der Waals surface area contributed by atoms with Gasteiger partial charge in [0.1, 0.15) is 6.04 Å². The van der Waals surface area contributed by atoms with Gasteiger partial charge in [0.2, 0.25) is 0 Å². The molecule has 7 heteroatoms. The van der Waals surface area contributed by atoms with Crippen molar-refractivity contribution in [2.75, 3.05) is 25.7 Å². The van der Waals surface area contributed by atoms with Crippen LogP contribution < -0.4 is 14.8 Å². The van der Waals surface area contributed by atoms with Crippen LogP contribution in [0.4, 0.5) is 0 Å². The summed E-state index contributed by atoms with van der Waals surface area (Å²) in [6.45, 7) is 2.93. The highest BCUT2D eigenvalue weighted by atomic mass is 32.2. The highest BCUT2D eigenvalue weighted by molar-refractivity contribution is 7.98. The van der Waals surface area contributed by atoms with Gasteiger partial charge in [0.15, 0.2) is 16.6 Å². The molecule has 1 aromatic rings. The van der Waals surface area contributed by atoms with Crippen molar-refractivity contribution < 1.29 is 14.3 Å². The average molecular weight is 354 g/mol. The molecule has 1 aliphatic rings. The molecular weight excluding hydrogens is 332 g/mol. The number of amides is 1. The largest absolute Gasteiger partial charge is 0.493 e. The summed E-state index contributed by atoms with van der Waals surface area (Å²) < 4.78 is 10.9. The Hall–Kier alpha value is -1.47. The van der Waals surface area contributed by atoms with E-state index in [2.05, 4.69) is 5.32 Å². The van der Waals surface area contributed by atoms with E-state index in [1.807, 2.05) is 31.4 Å². The highest BCUT2D eigenvalue weighted by Gasteiger charge is 2.34. The second kappa shape index (κ2) is 8.40. The van der Waals surface area contributed by atoms with Gasteiger partial charge in [0, 0.05) is 0 Å². The molecule has 1 aliphatic heterocycles. The summed E-state index contributed by atoms with van der Waals surface area (Å²) in [6.07, 6.45) is 2.81. The molecule has 1 N–H and O–H groups in total. The number of carbonyl (C=O) groups excluding carboxylic acids is 1. The predicted molar refractivity (Wildman–Crippen MR) is 97.2 cm³/mol. The fraction of sp³-hybridized carbons (Fsp3) is 0.500. The Kier molecular flexibility index (Phi) is 6.53. The molecular formula is C16H22N2O3S2. The van der Waals surface area contributed by atoms with Gasteiger partial charge in [-0.15, -0.1) is 0 Å². The molecule has 1 fully saturated rings. The molecule has 0 aliphatic carbocycles. The number of thiocarbonyl (C=S) groups is 1. The van der Waals surface area contributed by atoms with Gasteiger partial charge in [-0.2, -0.15) is 11.8 Å². The van der Waals surface area contributed by atoms with Gasteiger partial charge in [-0.1, -0.05) is 6.07 Å². The molecule has 1 amide bonds. The van der Waals surface area contributed by atoms with Crippen molar-refractivity contribution in [3.05, 3.63) is 23.8 Å². The van der Waals surface area contributed by atoms with Crippen LogP contribution in [0.25, 0.3) is 0 Å². The van der Waals surface area contributed by atoms with Gasteiger partial charge >= 0.3 is 0 Å². The van der Waals surface area contributed by atoms with Crippen LogP contribution >= 0.6 is 24.0 Å². The van der Waals surface area contributed by atoms with Crippen LogP contribution in [0, 0.1) is 0 Å². The molecule has 2 rings (SSSR count). The summed E-state index contributed by atoms with van der Waals surface area (Å²) in [5, 5.41) is 3.60. The second-order valence-corrected chi connectivity index (χ2v) is 6.50.